The van der Waals surface area contributed by atoms with Gasteiger partial charge in [0.05, 0.1) is 26.9 Å². The third-order valence-electron chi connectivity index (χ3n) is 11.6. The van der Waals surface area contributed by atoms with Crippen LogP contribution >= 0.6 is 0 Å². The smallest absolute Gasteiger partial charge is 0.466 e. The molecule has 0 aromatic heterocycles. The van der Waals surface area contributed by atoms with Crippen LogP contribution in [0.3, 0.4) is 0 Å². The van der Waals surface area contributed by atoms with Crippen LogP contribution in [0.5, 0.6) is 0 Å². The van der Waals surface area contributed by atoms with Crippen molar-refractivity contribution in [1.29, 1.82) is 0 Å². The molecule has 0 aliphatic rings. The van der Waals surface area contributed by atoms with E-state index in [0.717, 1.165) is 56.7 Å². The Labute approximate surface area is 483 Å². The molecule has 0 amide bonds. The average Bonchev–Trinajstić information content (AvgIpc) is 3.39. The minimum absolute atomic E-state index is 0.211. The summed E-state index contributed by atoms with van der Waals surface area (Å²) in [6.07, 6.45) is 24.1. The number of carbonyl (C=O) groups excluding carboxylic acids is 2. The van der Waals surface area contributed by atoms with Crippen LogP contribution in [0.1, 0.15) is 302 Å². The topological polar surface area (TPSA) is 108 Å². The van der Waals surface area contributed by atoms with E-state index in [9.17, 15) is 9.59 Å². The molecule has 0 aromatic rings. The molecule has 10 heteroatoms. The zero-order chi connectivity index (χ0) is 62.5. The Morgan fingerprint density at radius 2 is 0.750 bits per heavy atom. The van der Waals surface area contributed by atoms with Crippen molar-refractivity contribution in [3.63, 3.8) is 0 Å². The maximum atomic E-state index is 9.97. The number of hydrogen-bond donors (Lipinski definition) is 0. The second-order valence-corrected chi connectivity index (χ2v) is 20.9. The Morgan fingerprint density at radius 1 is 0.395 bits per heavy atom. The van der Waals surface area contributed by atoms with Crippen molar-refractivity contribution in [1.82, 2.24) is 0 Å². The lowest BCUT2D eigenvalue weighted by atomic mass is 9.88. The van der Waals surface area contributed by atoms with Gasteiger partial charge in [-0.3, -0.25) is 4.79 Å². The highest BCUT2D eigenvalue weighted by molar-refractivity contribution is 5.65. The van der Waals surface area contributed by atoms with E-state index in [1.54, 1.807) is 49.4 Å². The molecular formula is C66H152O10. The van der Waals surface area contributed by atoms with Crippen molar-refractivity contribution in [3.05, 3.63) is 0 Å². The van der Waals surface area contributed by atoms with Crippen molar-refractivity contribution < 1.29 is 47.5 Å². The number of esters is 1. The molecule has 0 spiro atoms. The molecule has 2 unspecified atom stereocenters. The summed E-state index contributed by atoms with van der Waals surface area (Å²) >= 11 is 0. The lowest BCUT2D eigenvalue weighted by molar-refractivity contribution is -0.140. The summed E-state index contributed by atoms with van der Waals surface area (Å²) in [6.45, 7) is 61.1. The molecule has 476 valence electrons. The van der Waals surface area contributed by atoms with Gasteiger partial charge >= 0.3 is 12.1 Å². The summed E-state index contributed by atoms with van der Waals surface area (Å²) < 4.78 is 37.0. The molecule has 76 heavy (non-hydrogen) atoms. The third kappa shape index (κ3) is 164. The Balaban J connectivity index is -0.0000000593. The number of unbranched alkanes of at least 4 members (excludes halogenated alkanes) is 3. The number of carbonyl (C=O) groups is 2. The van der Waals surface area contributed by atoms with E-state index in [-0.39, 0.29) is 5.97 Å². The van der Waals surface area contributed by atoms with Gasteiger partial charge < -0.3 is 37.9 Å². The maximum absolute atomic E-state index is 9.97. The molecular weight excluding hydrogens is 953 g/mol. The van der Waals surface area contributed by atoms with E-state index in [2.05, 4.69) is 171 Å². The predicted octanol–water partition coefficient (Wildman–Crippen LogP) is 21.8. The number of rotatable bonds is 27. The second-order valence-electron chi connectivity index (χ2n) is 20.9. The van der Waals surface area contributed by atoms with E-state index in [1.165, 1.54) is 136 Å². The Hall–Kier alpha value is -1.46. The molecule has 0 aliphatic carbocycles. The van der Waals surface area contributed by atoms with Crippen LogP contribution in [0.25, 0.3) is 0 Å². The van der Waals surface area contributed by atoms with Gasteiger partial charge in [0, 0.05) is 68.9 Å². The zero-order valence-electron chi connectivity index (χ0n) is 58.8. The van der Waals surface area contributed by atoms with Crippen LogP contribution < -0.4 is 0 Å². The number of ether oxygens (including phenoxy) is 8. The minimum atomic E-state index is -0.623. The molecule has 0 heterocycles. The average molecular weight is 1110 g/mol. The van der Waals surface area contributed by atoms with Crippen LogP contribution in [0.4, 0.5) is 4.79 Å². The Bertz CT molecular complexity index is 861. The van der Waals surface area contributed by atoms with Crippen molar-refractivity contribution >= 4 is 12.1 Å². The van der Waals surface area contributed by atoms with E-state index >= 15 is 0 Å². The van der Waals surface area contributed by atoms with Gasteiger partial charge in [-0.2, -0.15) is 0 Å². The van der Waals surface area contributed by atoms with Gasteiger partial charge in [0.25, 0.3) is 0 Å². The number of methoxy groups -OCH3 is 6. The summed E-state index contributed by atoms with van der Waals surface area (Å²) in [7, 11) is 9.94. The summed E-state index contributed by atoms with van der Waals surface area (Å²) in [4.78, 5) is 19.8. The summed E-state index contributed by atoms with van der Waals surface area (Å²) in [5.74, 6) is 3.26. The fraction of sp³-hybridized carbons (Fsp3) is 0.970. The van der Waals surface area contributed by atoms with Gasteiger partial charge in [0.15, 0.2) is 0 Å². The fourth-order valence-corrected chi connectivity index (χ4v) is 4.54. The lowest BCUT2D eigenvalue weighted by Gasteiger charge is -2.20. The molecule has 0 bridgehead atoms. The van der Waals surface area contributed by atoms with Crippen molar-refractivity contribution in [3.8, 4) is 0 Å². The van der Waals surface area contributed by atoms with Gasteiger partial charge in [-0.05, 0) is 74.5 Å². The molecule has 10 nitrogen and oxygen atoms in total. The first-order chi connectivity index (χ1) is 35.7. The molecule has 0 fully saturated rings. The van der Waals surface area contributed by atoms with Crippen LogP contribution in [0.2, 0.25) is 0 Å². The highest BCUT2D eigenvalue weighted by Crippen LogP contribution is 2.23. The van der Waals surface area contributed by atoms with Gasteiger partial charge in [-0.25, -0.2) is 4.79 Å². The number of hydrogen-bond acceptors (Lipinski definition) is 10. The molecule has 0 saturated carbocycles. The predicted molar refractivity (Wildman–Crippen MR) is 343 cm³/mol. The first-order valence-corrected chi connectivity index (χ1v) is 31.0. The first kappa shape index (κ1) is 103. The van der Waals surface area contributed by atoms with Gasteiger partial charge in [-0.15, -0.1) is 0 Å². The van der Waals surface area contributed by atoms with Gasteiger partial charge in [0.1, 0.15) is 0 Å². The summed E-state index contributed by atoms with van der Waals surface area (Å²) in [5, 5.41) is 0. The zero-order valence-corrected chi connectivity index (χ0v) is 58.8. The first-order valence-electron chi connectivity index (χ1n) is 31.0. The van der Waals surface area contributed by atoms with Crippen molar-refractivity contribution in [2.75, 3.05) is 88.9 Å². The summed E-state index contributed by atoms with van der Waals surface area (Å²) in [6, 6.07) is 0. The Kier molecular flexibility index (Phi) is 134. The molecule has 0 aromatic carbocycles. The fourth-order valence-electron chi connectivity index (χ4n) is 4.54. The van der Waals surface area contributed by atoms with Gasteiger partial charge in [-0.1, -0.05) is 255 Å². The van der Waals surface area contributed by atoms with E-state index in [4.69, 9.17) is 18.9 Å². The minimum Gasteiger partial charge on any atom is -0.466 e. The normalized spacial score (nSPS) is 10.4. The SMILES string of the molecule is CCC.CCC(C)(C)CC.CCC(C)(C)COC.CCC(C)CC.CCC(C)COC.CCCC(C)CCC.CCCC(C)CCOC.CCCCC.CCCCOC.CCOC.CCOC(=O)OC.CCOC(C)=O. The lowest BCUT2D eigenvalue weighted by Crippen LogP contribution is -2.16. The molecule has 0 saturated heterocycles. The molecule has 0 N–H and O–H groups in total. The maximum Gasteiger partial charge on any atom is 0.507 e. The van der Waals surface area contributed by atoms with E-state index in [0.29, 0.717) is 24.0 Å². The monoisotopic (exact) mass is 1110 g/mol. The van der Waals surface area contributed by atoms with Crippen molar-refractivity contribution in [2.45, 2.75) is 302 Å². The van der Waals surface area contributed by atoms with Crippen LogP contribution in [-0.2, 0) is 42.7 Å². The highest BCUT2D eigenvalue weighted by atomic mass is 16.7. The molecule has 0 rings (SSSR count). The largest absolute Gasteiger partial charge is 0.507 e. The Morgan fingerprint density at radius 3 is 0.868 bits per heavy atom. The molecule has 0 radical (unpaired) electrons. The van der Waals surface area contributed by atoms with Gasteiger partial charge in [0.2, 0.25) is 0 Å². The van der Waals surface area contributed by atoms with E-state index < -0.39 is 6.16 Å². The van der Waals surface area contributed by atoms with Crippen LogP contribution in [-0.4, -0.2) is 101 Å². The standard InChI is InChI=1S/C8H18O.C8H18.C7H16O.C7H16.C6H14O.C6H14.C5H12O.C5H12.C4H8O3.C4H8O2.C3H8O.C3H8/c1-4-5-8(2)6-7-9-3;1-4-6-8(3)7-5-2;1-5-7(2,3)6-8-4;1-5-7(3,4)6-2;1-4-6(2)5-7-3;1-4-6(3)5-2;1-3-4-5-6-2;1-3-5-4-2;1-3-7-4(5)6-2;1-3-6-4(2)5;1-3-4-2;1-3-2/h8H,4-7H2,1-3H3;8H,4-7H2,1-3H3;5-6H2,1-4H3;5-6H2,1-4H3;6H,4-5H2,1-3H3;6H,4-5H2,1-3H3;3-5H2,1-2H3;3-5H2,1-2H3;3H2,1-2H3;3H2,1-2H3;3H2,1-2H3;3H2,1-2H3. The molecule has 0 aliphatic heterocycles. The van der Waals surface area contributed by atoms with Crippen LogP contribution in [0, 0.1) is 34.5 Å². The quantitative estimate of drug-likeness (QED) is 0.0583. The highest BCUT2D eigenvalue weighted by Gasteiger charge is 2.13. The molecule has 2 atom stereocenters. The summed E-state index contributed by atoms with van der Waals surface area (Å²) in [5.41, 5.74) is 0.953. The van der Waals surface area contributed by atoms with Crippen LogP contribution in [0.15, 0.2) is 0 Å². The van der Waals surface area contributed by atoms with E-state index in [1.807, 2.05) is 6.92 Å². The van der Waals surface area contributed by atoms with Crippen molar-refractivity contribution in [2.24, 2.45) is 34.5 Å². The third-order valence-corrected chi connectivity index (χ3v) is 11.6. The second kappa shape index (κ2) is 98.9.